The minimum Gasteiger partial charge on any atom is -0.462 e. The van der Waals surface area contributed by atoms with Crippen molar-refractivity contribution < 1.29 is 42.1 Å². The highest BCUT2D eigenvalue weighted by molar-refractivity contribution is 7.47. The molecule has 10 heteroatoms. The largest absolute Gasteiger partial charge is 0.472 e. The standard InChI is InChI=1S/C88H152NO8P/c1-6-8-10-12-14-16-18-20-22-24-26-28-30-32-34-36-38-40-42-43-44-45-47-48-50-52-54-56-58-60-62-64-66-68-70-72-74-76-78-80-87(90)94-84-86(85-96-98(92,93)95-83-82-89(3,4)5)97-88(91)81-79-77-75-73-71-69-67-65-63-61-59-57-55-53-51-49-46-41-39-37-35-33-31-29-27-25-23-21-19-17-15-13-11-9-7-2/h9,11,15,17-18,20-21,23-24,26-27,29-30,32-33,35,39,41,49,51,55,57,61,63,86H,6-8,10,12-14,16,19,22,25,28,31,34,36-38,40,42-48,50,52-54,56,58-60,62,64-85H2,1-5H3/p+1/b11-9-,17-15-,20-18-,23-21-,26-24-,29-27-,32-30-,35-33-,41-39-,51-49-,57-55-,63-61-. The first-order chi connectivity index (χ1) is 48.0. The molecule has 0 radical (unpaired) electrons. The number of nitrogens with zero attached hydrogens (tertiary/aromatic N) is 1. The molecule has 2 atom stereocenters. The molecule has 0 aliphatic heterocycles. The van der Waals surface area contributed by atoms with Gasteiger partial charge in [-0.1, -0.05) is 359 Å². The molecule has 0 heterocycles. The Bertz CT molecular complexity index is 2170. The van der Waals surface area contributed by atoms with E-state index in [9.17, 15) is 19.0 Å². The summed E-state index contributed by atoms with van der Waals surface area (Å²) in [4.78, 5) is 36.0. The number of ether oxygens (including phenoxy) is 2. The molecule has 0 aliphatic carbocycles. The molecule has 0 bridgehead atoms. The summed E-state index contributed by atoms with van der Waals surface area (Å²) in [6.07, 6.45) is 114. The predicted octanol–water partition coefficient (Wildman–Crippen LogP) is 27.3. The molecule has 1 N–H and O–H groups in total. The van der Waals surface area contributed by atoms with Gasteiger partial charge in [-0.15, -0.1) is 0 Å². The fourth-order valence-electron chi connectivity index (χ4n) is 11.2. The van der Waals surface area contributed by atoms with Gasteiger partial charge in [-0.2, -0.15) is 0 Å². The molecule has 2 unspecified atom stereocenters. The van der Waals surface area contributed by atoms with E-state index in [1.54, 1.807) is 0 Å². The summed E-state index contributed by atoms with van der Waals surface area (Å²) < 4.78 is 34.8. The molecule has 0 aliphatic rings. The van der Waals surface area contributed by atoms with Gasteiger partial charge < -0.3 is 18.9 Å². The van der Waals surface area contributed by atoms with Crippen molar-refractivity contribution >= 4 is 19.8 Å². The van der Waals surface area contributed by atoms with Crippen LogP contribution in [0.3, 0.4) is 0 Å². The maximum absolute atomic E-state index is 12.9. The minimum atomic E-state index is -4.41. The highest BCUT2D eigenvalue weighted by Gasteiger charge is 2.27. The van der Waals surface area contributed by atoms with Gasteiger partial charge in [0.2, 0.25) is 0 Å². The van der Waals surface area contributed by atoms with E-state index in [1.807, 2.05) is 21.1 Å². The molecule has 0 aromatic carbocycles. The Hall–Kier alpha value is -4.11. The van der Waals surface area contributed by atoms with Crippen molar-refractivity contribution in [2.45, 2.75) is 354 Å². The monoisotopic (exact) mass is 1380 g/mol. The molecule has 0 aromatic heterocycles. The van der Waals surface area contributed by atoms with E-state index in [4.69, 9.17) is 18.5 Å². The number of hydrogen-bond acceptors (Lipinski definition) is 7. The van der Waals surface area contributed by atoms with Gasteiger partial charge in [0, 0.05) is 12.8 Å². The van der Waals surface area contributed by atoms with Crippen molar-refractivity contribution in [1.82, 2.24) is 0 Å². The second-order valence-electron chi connectivity index (χ2n) is 28.1. The van der Waals surface area contributed by atoms with E-state index in [1.165, 1.54) is 199 Å². The first-order valence-electron chi connectivity index (χ1n) is 40.6. The van der Waals surface area contributed by atoms with Gasteiger partial charge in [-0.3, -0.25) is 18.6 Å². The fourth-order valence-corrected chi connectivity index (χ4v) is 11.9. The topological polar surface area (TPSA) is 108 Å². The van der Waals surface area contributed by atoms with Crippen LogP contribution in [0.1, 0.15) is 348 Å². The number of allylic oxidation sites excluding steroid dienone is 24. The Morgan fingerprint density at radius 2 is 0.582 bits per heavy atom. The summed E-state index contributed by atoms with van der Waals surface area (Å²) in [6, 6.07) is 0. The molecule has 0 saturated carbocycles. The zero-order chi connectivity index (χ0) is 71.1. The molecule has 98 heavy (non-hydrogen) atoms. The lowest BCUT2D eigenvalue weighted by Crippen LogP contribution is -2.37. The lowest BCUT2D eigenvalue weighted by atomic mass is 10.0. The van der Waals surface area contributed by atoms with Crippen LogP contribution >= 0.6 is 7.82 Å². The van der Waals surface area contributed by atoms with Crippen molar-refractivity contribution in [2.75, 3.05) is 47.5 Å². The lowest BCUT2D eigenvalue weighted by molar-refractivity contribution is -0.870. The van der Waals surface area contributed by atoms with Gasteiger partial charge in [0.1, 0.15) is 19.8 Å². The predicted molar refractivity (Wildman–Crippen MR) is 427 cm³/mol. The van der Waals surface area contributed by atoms with Crippen molar-refractivity contribution in [3.63, 3.8) is 0 Å². The normalized spacial score (nSPS) is 13.8. The average molecular weight is 1380 g/mol. The Balaban J connectivity index is 4.01. The molecular formula is C88H153NO8P+. The number of carbonyl (C=O) groups is 2. The lowest BCUT2D eigenvalue weighted by Gasteiger charge is -2.24. The average Bonchev–Trinajstić information content (AvgIpc) is 1.08. The maximum atomic E-state index is 12.9. The Kier molecular flexibility index (Phi) is 73.8. The highest BCUT2D eigenvalue weighted by atomic mass is 31.2. The smallest absolute Gasteiger partial charge is 0.462 e. The summed E-state index contributed by atoms with van der Waals surface area (Å²) in [7, 11) is 1.46. The van der Waals surface area contributed by atoms with E-state index < -0.39 is 26.5 Å². The maximum Gasteiger partial charge on any atom is 0.472 e. The van der Waals surface area contributed by atoms with Crippen LogP contribution in [0.2, 0.25) is 0 Å². The molecule has 0 amide bonds. The van der Waals surface area contributed by atoms with Crippen LogP contribution in [0.25, 0.3) is 0 Å². The van der Waals surface area contributed by atoms with Crippen LogP contribution in [-0.2, 0) is 32.7 Å². The number of esters is 2. The Morgan fingerprint density at radius 3 is 0.867 bits per heavy atom. The number of unbranched alkanes of at least 4 members (excludes halogenated alkanes) is 36. The zero-order valence-corrected chi connectivity index (χ0v) is 65.1. The third-order valence-electron chi connectivity index (χ3n) is 17.4. The second kappa shape index (κ2) is 77.1. The summed E-state index contributed by atoms with van der Waals surface area (Å²) in [5.74, 6) is -0.806. The van der Waals surface area contributed by atoms with Gasteiger partial charge in [-0.25, -0.2) is 4.57 Å². The first kappa shape index (κ1) is 93.9. The molecule has 0 aromatic rings. The number of quaternary nitrogens is 1. The molecular weight excluding hydrogens is 1230 g/mol. The zero-order valence-electron chi connectivity index (χ0n) is 64.2. The third kappa shape index (κ3) is 80.9. The van der Waals surface area contributed by atoms with E-state index in [0.29, 0.717) is 17.4 Å². The van der Waals surface area contributed by atoms with Crippen LogP contribution in [-0.4, -0.2) is 74.9 Å². The molecule has 0 rings (SSSR count). The fraction of sp³-hybridized carbons (Fsp3) is 0.705. The summed E-state index contributed by atoms with van der Waals surface area (Å²) in [6.45, 7) is 4.32. The SMILES string of the molecule is CC/C=C\C/C=C\C/C=C\C/C=C\C/C=C\C/C=C\C/C=C\C/C=C\C/C=C\CCCCCCCCCC(=O)OC(COC(=O)CCCCCCCCCCCCCCCCCCCCCCCCCC/C=C\C/C=C\C/C=C\CCCCCCC)COP(=O)(O)OCC[N+](C)(C)C. The Labute approximate surface area is 605 Å². The van der Waals surface area contributed by atoms with E-state index in [2.05, 4.69) is 160 Å². The molecule has 0 fully saturated rings. The third-order valence-corrected chi connectivity index (χ3v) is 18.3. The second-order valence-corrected chi connectivity index (χ2v) is 29.5. The number of likely N-dealkylation sites (N-methyl/N-ethyl adjacent to an activating group) is 1. The van der Waals surface area contributed by atoms with Crippen LogP contribution < -0.4 is 0 Å². The van der Waals surface area contributed by atoms with Crippen LogP contribution in [0.4, 0.5) is 0 Å². The Morgan fingerprint density at radius 1 is 0.327 bits per heavy atom. The number of carbonyl (C=O) groups excluding carboxylic acids is 2. The molecule has 0 saturated heterocycles. The van der Waals surface area contributed by atoms with E-state index >= 15 is 0 Å². The number of hydrogen-bond donors (Lipinski definition) is 1. The first-order valence-corrected chi connectivity index (χ1v) is 42.1. The van der Waals surface area contributed by atoms with E-state index in [0.717, 1.165) is 116 Å². The van der Waals surface area contributed by atoms with Crippen molar-refractivity contribution in [3.05, 3.63) is 146 Å². The number of phosphoric acid groups is 1. The molecule has 562 valence electrons. The van der Waals surface area contributed by atoms with Crippen LogP contribution in [0.5, 0.6) is 0 Å². The van der Waals surface area contributed by atoms with Crippen LogP contribution in [0.15, 0.2) is 146 Å². The van der Waals surface area contributed by atoms with E-state index in [-0.39, 0.29) is 32.0 Å². The summed E-state index contributed by atoms with van der Waals surface area (Å²) >= 11 is 0. The summed E-state index contributed by atoms with van der Waals surface area (Å²) in [5.41, 5.74) is 0. The molecule has 0 spiro atoms. The van der Waals surface area contributed by atoms with Gasteiger partial charge in [-0.05, 0) is 122 Å². The highest BCUT2D eigenvalue weighted by Crippen LogP contribution is 2.43. The number of phosphoric ester groups is 1. The van der Waals surface area contributed by atoms with Crippen LogP contribution in [0, 0.1) is 0 Å². The van der Waals surface area contributed by atoms with Crippen molar-refractivity contribution in [1.29, 1.82) is 0 Å². The van der Waals surface area contributed by atoms with Crippen molar-refractivity contribution in [3.8, 4) is 0 Å². The van der Waals surface area contributed by atoms with Gasteiger partial charge in [0.25, 0.3) is 0 Å². The molecule has 9 nitrogen and oxygen atoms in total. The van der Waals surface area contributed by atoms with Crippen molar-refractivity contribution in [2.24, 2.45) is 0 Å². The quantitative estimate of drug-likeness (QED) is 0.0211. The summed E-state index contributed by atoms with van der Waals surface area (Å²) in [5, 5.41) is 0. The minimum absolute atomic E-state index is 0.0240. The number of rotatable bonds is 74. The van der Waals surface area contributed by atoms with Gasteiger partial charge in [0.05, 0.1) is 27.7 Å². The van der Waals surface area contributed by atoms with Gasteiger partial charge >= 0.3 is 19.8 Å². The van der Waals surface area contributed by atoms with Gasteiger partial charge in [0.15, 0.2) is 6.10 Å².